The van der Waals surface area contributed by atoms with Gasteiger partial charge in [-0.25, -0.2) is 4.79 Å². The number of hydrogen-bond acceptors (Lipinski definition) is 6. The van der Waals surface area contributed by atoms with Crippen LogP contribution in [0, 0.1) is 0 Å². The van der Waals surface area contributed by atoms with Crippen molar-refractivity contribution in [1.82, 2.24) is 4.90 Å². The monoisotopic (exact) mass is 389 g/mol. The van der Waals surface area contributed by atoms with Crippen molar-refractivity contribution in [2.24, 2.45) is 0 Å². The van der Waals surface area contributed by atoms with Gasteiger partial charge in [-0.1, -0.05) is 13.3 Å². The molecular formula is C21H27NO6. The van der Waals surface area contributed by atoms with Crippen LogP contribution in [-0.2, 0) is 14.3 Å². The lowest BCUT2D eigenvalue weighted by molar-refractivity contribution is -0.136. The summed E-state index contributed by atoms with van der Waals surface area (Å²) in [6.07, 6.45) is 3.43. The van der Waals surface area contributed by atoms with E-state index in [9.17, 15) is 9.59 Å². The Labute approximate surface area is 165 Å². The lowest BCUT2D eigenvalue weighted by Crippen LogP contribution is -2.26. The van der Waals surface area contributed by atoms with E-state index in [0.717, 1.165) is 12.8 Å². The van der Waals surface area contributed by atoms with Crippen LogP contribution in [0.4, 0.5) is 0 Å². The Hall–Kier alpha value is -2.96. The van der Waals surface area contributed by atoms with E-state index in [4.69, 9.17) is 18.9 Å². The van der Waals surface area contributed by atoms with E-state index in [-0.39, 0.29) is 17.1 Å². The first kappa shape index (κ1) is 21.3. The smallest absolute Gasteiger partial charge is 0.340 e. The number of methoxy groups -OCH3 is 4. The quantitative estimate of drug-likeness (QED) is 0.502. The highest BCUT2D eigenvalue weighted by Gasteiger charge is 2.36. The van der Waals surface area contributed by atoms with Crippen LogP contribution in [0.3, 0.4) is 0 Å². The van der Waals surface area contributed by atoms with Crippen molar-refractivity contribution in [1.29, 1.82) is 0 Å². The summed E-state index contributed by atoms with van der Waals surface area (Å²) in [6.45, 7) is 4.36. The Morgan fingerprint density at radius 1 is 1.07 bits per heavy atom. The Morgan fingerprint density at radius 2 is 1.68 bits per heavy atom. The van der Waals surface area contributed by atoms with E-state index in [1.54, 1.807) is 30.0 Å². The van der Waals surface area contributed by atoms with Gasteiger partial charge in [0.25, 0.3) is 5.91 Å². The highest BCUT2D eigenvalue weighted by atomic mass is 16.5. The third-order valence-corrected chi connectivity index (χ3v) is 4.63. The van der Waals surface area contributed by atoms with Crippen molar-refractivity contribution < 1.29 is 28.5 Å². The third kappa shape index (κ3) is 3.98. The molecule has 0 unspecified atom stereocenters. The van der Waals surface area contributed by atoms with Crippen molar-refractivity contribution >= 4 is 18.0 Å². The van der Waals surface area contributed by atoms with Gasteiger partial charge in [0.05, 0.1) is 39.6 Å². The maximum Gasteiger partial charge on any atom is 0.340 e. The fraction of sp³-hybridized carbons (Fsp3) is 0.429. The molecule has 1 aromatic carbocycles. The molecule has 7 nitrogen and oxygen atoms in total. The summed E-state index contributed by atoms with van der Waals surface area (Å²) in [5.74, 6) is 0.614. The number of nitrogens with zero attached hydrogens (tertiary/aromatic N) is 1. The summed E-state index contributed by atoms with van der Waals surface area (Å²) in [4.78, 5) is 27.0. The van der Waals surface area contributed by atoms with Crippen molar-refractivity contribution in [3.8, 4) is 17.2 Å². The molecule has 0 aliphatic carbocycles. The van der Waals surface area contributed by atoms with E-state index >= 15 is 0 Å². The summed E-state index contributed by atoms with van der Waals surface area (Å²) < 4.78 is 21.0. The topological polar surface area (TPSA) is 74.3 Å². The SMILES string of the molecule is CCCCN1C(=O)/C(=C\c2cc(OC)c(OC)c(OC)c2)C(C(=O)OC)=C1C. The minimum atomic E-state index is -0.538. The van der Waals surface area contributed by atoms with E-state index in [0.29, 0.717) is 35.1 Å². The van der Waals surface area contributed by atoms with Gasteiger partial charge in [-0.2, -0.15) is 0 Å². The molecule has 1 heterocycles. The summed E-state index contributed by atoms with van der Waals surface area (Å²) >= 11 is 0. The zero-order valence-electron chi connectivity index (χ0n) is 17.3. The van der Waals surface area contributed by atoms with Gasteiger partial charge in [0.15, 0.2) is 11.5 Å². The molecule has 0 saturated heterocycles. The van der Waals surface area contributed by atoms with Gasteiger partial charge in [-0.3, -0.25) is 4.79 Å². The molecule has 0 N–H and O–H groups in total. The maximum atomic E-state index is 13.0. The van der Waals surface area contributed by atoms with Crippen LogP contribution in [0.2, 0.25) is 0 Å². The van der Waals surface area contributed by atoms with Crippen molar-refractivity contribution in [2.45, 2.75) is 26.7 Å². The van der Waals surface area contributed by atoms with Crippen LogP contribution in [0.15, 0.2) is 29.0 Å². The number of amides is 1. The molecule has 152 valence electrons. The van der Waals surface area contributed by atoms with Gasteiger partial charge in [0, 0.05) is 12.2 Å². The molecule has 0 fully saturated rings. The Kier molecular flexibility index (Phi) is 7.09. The van der Waals surface area contributed by atoms with Gasteiger partial charge >= 0.3 is 5.97 Å². The highest BCUT2D eigenvalue weighted by molar-refractivity contribution is 6.16. The fourth-order valence-corrected chi connectivity index (χ4v) is 3.16. The van der Waals surface area contributed by atoms with Crippen molar-refractivity contribution in [3.63, 3.8) is 0 Å². The molecule has 0 radical (unpaired) electrons. The van der Waals surface area contributed by atoms with Gasteiger partial charge in [0.1, 0.15) is 0 Å². The molecule has 0 saturated carbocycles. The predicted molar refractivity (Wildman–Crippen MR) is 105 cm³/mol. The first-order chi connectivity index (χ1) is 13.4. The van der Waals surface area contributed by atoms with Gasteiger partial charge in [0.2, 0.25) is 5.75 Å². The molecule has 0 spiro atoms. The lowest BCUT2D eigenvalue weighted by Gasteiger charge is -2.17. The Balaban J connectivity index is 2.59. The molecule has 1 aliphatic heterocycles. The van der Waals surface area contributed by atoms with E-state index < -0.39 is 5.97 Å². The van der Waals surface area contributed by atoms with E-state index in [2.05, 4.69) is 0 Å². The molecule has 0 bridgehead atoms. The minimum Gasteiger partial charge on any atom is -0.493 e. The van der Waals surface area contributed by atoms with Crippen LogP contribution in [0.5, 0.6) is 17.2 Å². The summed E-state index contributed by atoms with van der Waals surface area (Å²) in [7, 11) is 5.86. The van der Waals surface area contributed by atoms with Crippen LogP contribution in [0.1, 0.15) is 32.3 Å². The number of carbonyl (C=O) groups excluding carboxylic acids is 2. The zero-order valence-corrected chi connectivity index (χ0v) is 17.3. The maximum absolute atomic E-state index is 13.0. The average molecular weight is 389 g/mol. The number of esters is 1. The number of carbonyl (C=O) groups is 2. The number of unbranched alkanes of at least 4 members (excludes halogenated alkanes) is 1. The van der Waals surface area contributed by atoms with Crippen LogP contribution in [0.25, 0.3) is 6.08 Å². The van der Waals surface area contributed by atoms with Gasteiger partial charge in [-0.05, 0) is 37.1 Å². The number of ether oxygens (including phenoxy) is 4. The van der Waals surface area contributed by atoms with Crippen LogP contribution >= 0.6 is 0 Å². The predicted octanol–water partition coefficient (Wildman–Crippen LogP) is 3.19. The molecular weight excluding hydrogens is 362 g/mol. The number of benzene rings is 1. The second kappa shape index (κ2) is 9.30. The van der Waals surface area contributed by atoms with Crippen LogP contribution in [-0.4, -0.2) is 51.8 Å². The fourth-order valence-electron chi connectivity index (χ4n) is 3.16. The second-order valence-corrected chi connectivity index (χ2v) is 6.28. The standard InChI is InChI=1S/C21H27NO6/c1-7-8-9-22-13(2)18(21(24)28-6)15(20(22)23)10-14-11-16(25-3)19(27-5)17(12-14)26-4/h10-12H,7-9H2,1-6H3/b15-10-. The van der Waals surface area contributed by atoms with Gasteiger partial charge < -0.3 is 23.8 Å². The summed E-state index contributed by atoms with van der Waals surface area (Å²) in [6, 6.07) is 3.45. The molecule has 7 heteroatoms. The zero-order chi connectivity index (χ0) is 20.8. The van der Waals surface area contributed by atoms with E-state index in [1.807, 2.05) is 6.92 Å². The Bertz CT molecular complexity index is 799. The largest absolute Gasteiger partial charge is 0.493 e. The lowest BCUT2D eigenvalue weighted by atomic mass is 10.0. The number of hydrogen-bond donors (Lipinski definition) is 0. The third-order valence-electron chi connectivity index (χ3n) is 4.63. The van der Waals surface area contributed by atoms with Gasteiger partial charge in [-0.15, -0.1) is 0 Å². The molecule has 0 aromatic heterocycles. The van der Waals surface area contributed by atoms with E-state index in [1.165, 1.54) is 28.4 Å². The first-order valence-corrected chi connectivity index (χ1v) is 9.06. The normalized spacial score (nSPS) is 15.3. The van der Waals surface area contributed by atoms with Crippen molar-refractivity contribution in [2.75, 3.05) is 35.0 Å². The molecule has 2 rings (SSSR count). The molecule has 1 aliphatic rings. The highest BCUT2D eigenvalue weighted by Crippen LogP contribution is 2.40. The summed E-state index contributed by atoms with van der Waals surface area (Å²) in [5.41, 5.74) is 1.81. The molecule has 28 heavy (non-hydrogen) atoms. The average Bonchev–Trinajstić information content (AvgIpc) is 2.94. The minimum absolute atomic E-state index is 0.222. The number of allylic oxidation sites excluding steroid dienone is 1. The molecule has 1 aromatic rings. The first-order valence-electron chi connectivity index (χ1n) is 9.06. The molecule has 1 amide bonds. The second-order valence-electron chi connectivity index (χ2n) is 6.28. The summed E-state index contributed by atoms with van der Waals surface area (Å²) in [5, 5.41) is 0. The van der Waals surface area contributed by atoms with Crippen LogP contribution < -0.4 is 14.2 Å². The Morgan fingerprint density at radius 3 is 2.14 bits per heavy atom. The molecule has 0 atom stereocenters. The van der Waals surface area contributed by atoms with Crippen molar-refractivity contribution in [3.05, 3.63) is 34.5 Å². The number of rotatable bonds is 8.